The number of fused-ring (bicyclic) bond motifs is 3. The third-order valence-corrected chi connectivity index (χ3v) is 4.73. The molecule has 0 aliphatic heterocycles. The summed E-state index contributed by atoms with van der Waals surface area (Å²) in [7, 11) is 0. The highest BCUT2D eigenvalue weighted by Gasteiger charge is 2.29. The summed E-state index contributed by atoms with van der Waals surface area (Å²) in [5.74, 6) is -0.534. The maximum absolute atomic E-state index is 13.5. The van der Waals surface area contributed by atoms with Crippen molar-refractivity contribution < 1.29 is 14.3 Å². The molecule has 6 nitrogen and oxygen atoms in total. The summed E-state index contributed by atoms with van der Waals surface area (Å²) < 4.78 is 15.5. The van der Waals surface area contributed by atoms with Crippen molar-refractivity contribution in [2.75, 3.05) is 0 Å². The van der Waals surface area contributed by atoms with Crippen LogP contribution in [0.3, 0.4) is 0 Å². The lowest BCUT2D eigenvalue weighted by Gasteiger charge is -2.13. The maximum Gasteiger partial charge on any atom is 0.404 e. The Morgan fingerprint density at radius 2 is 2.23 bits per heavy atom. The van der Waals surface area contributed by atoms with Crippen molar-refractivity contribution >= 4 is 17.0 Å². The molecule has 26 heavy (non-hydrogen) atoms. The molecule has 0 saturated carbocycles. The van der Waals surface area contributed by atoms with Crippen molar-refractivity contribution in [1.82, 2.24) is 14.9 Å². The molecule has 0 saturated heterocycles. The number of hydrogen-bond acceptors (Lipinski definition) is 3. The number of aromatic nitrogens is 2. The Bertz CT molecular complexity index is 1070. The number of rotatable bonds is 3. The summed E-state index contributed by atoms with van der Waals surface area (Å²) in [5, 5.41) is 21.7. The molecule has 1 aromatic carbocycles. The first-order valence-corrected chi connectivity index (χ1v) is 8.20. The van der Waals surface area contributed by atoms with Crippen LogP contribution in [-0.4, -0.2) is 26.8 Å². The molecule has 130 valence electrons. The topological polar surface area (TPSA) is 90.9 Å². The first-order chi connectivity index (χ1) is 12.5. The Hall–Kier alpha value is -3.40. The molecule has 3 aromatic rings. The van der Waals surface area contributed by atoms with E-state index in [4.69, 9.17) is 5.11 Å². The number of hydrogen-bond donors (Lipinski definition) is 2. The summed E-state index contributed by atoms with van der Waals surface area (Å²) in [6.07, 6.45) is 0.0601. The normalized spacial score (nSPS) is 15.6. The number of carbonyl (C=O) groups is 1. The highest BCUT2D eigenvalue weighted by Crippen LogP contribution is 2.34. The second-order valence-corrected chi connectivity index (χ2v) is 6.36. The average Bonchev–Trinajstić information content (AvgIpc) is 3.12. The molecule has 1 amide bonds. The van der Waals surface area contributed by atoms with Gasteiger partial charge in [-0.05, 0) is 42.3 Å². The minimum atomic E-state index is -1.06. The minimum Gasteiger partial charge on any atom is -0.465 e. The number of nitrogens with one attached hydrogen (secondary N) is 1. The van der Waals surface area contributed by atoms with Crippen LogP contribution in [0.25, 0.3) is 10.9 Å². The third kappa shape index (κ3) is 2.75. The van der Waals surface area contributed by atoms with E-state index in [2.05, 4.69) is 16.4 Å². The summed E-state index contributed by atoms with van der Waals surface area (Å²) in [6.45, 7) is 0.384. The van der Waals surface area contributed by atoms with Crippen molar-refractivity contribution in [3.63, 3.8) is 0 Å². The molecule has 2 aromatic heterocycles. The van der Waals surface area contributed by atoms with Gasteiger partial charge >= 0.3 is 6.09 Å². The molecule has 1 aliphatic rings. The van der Waals surface area contributed by atoms with Crippen LogP contribution < -0.4 is 5.32 Å². The summed E-state index contributed by atoms with van der Waals surface area (Å²) in [5.41, 5.74) is 4.11. The largest absolute Gasteiger partial charge is 0.465 e. The van der Waals surface area contributed by atoms with Gasteiger partial charge in [0.15, 0.2) is 0 Å². The zero-order valence-corrected chi connectivity index (χ0v) is 13.7. The smallest absolute Gasteiger partial charge is 0.404 e. The predicted octanol–water partition coefficient (Wildman–Crippen LogP) is 2.83. The molecule has 1 atom stereocenters. The van der Waals surface area contributed by atoms with Crippen LogP contribution in [0.2, 0.25) is 0 Å². The molecule has 0 radical (unpaired) electrons. The van der Waals surface area contributed by atoms with Crippen LogP contribution in [-0.2, 0) is 19.4 Å². The molecule has 4 rings (SSSR count). The van der Waals surface area contributed by atoms with Crippen molar-refractivity contribution in [1.29, 1.82) is 5.26 Å². The molecule has 2 N–H and O–H groups in total. The lowest BCUT2D eigenvalue weighted by Crippen LogP contribution is -2.34. The quantitative estimate of drug-likeness (QED) is 0.711. The predicted molar refractivity (Wildman–Crippen MR) is 92.3 cm³/mol. The lowest BCUT2D eigenvalue weighted by molar-refractivity contribution is 0.190. The van der Waals surface area contributed by atoms with Crippen molar-refractivity contribution in [2.45, 2.75) is 25.4 Å². The first kappa shape index (κ1) is 16.1. The highest BCUT2D eigenvalue weighted by molar-refractivity contribution is 5.88. The molecule has 0 unspecified atom stereocenters. The van der Waals surface area contributed by atoms with Crippen LogP contribution in [0.15, 0.2) is 36.4 Å². The Morgan fingerprint density at radius 3 is 2.96 bits per heavy atom. The maximum atomic E-state index is 13.5. The van der Waals surface area contributed by atoms with Crippen LogP contribution in [0.1, 0.15) is 22.5 Å². The second kappa shape index (κ2) is 6.15. The lowest BCUT2D eigenvalue weighted by atomic mass is 10.1. The van der Waals surface area contributed by atoms with Gasteiger partial charge < -0.3 is 15.0 Å². The van der Waals surface area contributed by atoms with Crippen LogP contribution in [0.4, 0.5) is 9.18 Å². The van der Waals surface area contributed by atoms with E-state index in [-0.39, 0.29) is 6.04 Å². The summed E-state index contributed by atoms with van der Waals surface area (Å²) in [6, 6.07) is 12.1. The molecule has 0 bridgehead atoms. The van der Waals surface area contributed by atoms with Crippen LogP contribution >= 0.6 is 0 Å². The van der Waals surface area contributed by atoms with Crippen LogP contribution in [0, 0.1) is 17.3 Å². The standard InChI is InChI=1S/C19H15FN4O2/c20-18-3-1-2-12(22-18)10-24-16-5-4-11(9-21)6-14(16)15-7-13(8-17(15)24)23-19(25)26/h1-6,13,23H,7-8,10H2,(H,25,26)/t13-/m1/s1. The average molecular weight is 350 g/mol. The molecule has 0 spiro atoms. The fourth-order valence-corrected chi connectivity index (χ4v) is 3.72. The third-order valence-electron chi connectivity index (χ3n) is 4.73. The summed E-state index contributed by atoms with van der Waals surface area (Å²) in [4.78, 5) is 14.9. The van der Waals surface area contributed by atoms with E-state index < -0.39 is 12.0 Å². The van der Waals surface area contributed by atoms with Gasteiger partial charge in [-0.25, -0.2) is 9.78 Å². The Morgan fingerprint density at radius 1 is 1.38 bits per heavy atom. The fourth-order valence-electron chi connectivity index (χ4n) is 3.72. The number of carboxylic acid groups (broad SMARTS) is 1. The molecular formula is C19H15FN4O2. The van der Waals surface area contributed by atoms with Gasteiger partial charge in [0.1, 0.15) is 0 Å². The monoisotopic (exact) mass is 350 g/mol. The molecule has 1 aliphatic carbocycles. The van der Waals surface area contributed by atoms with Gasteiger partial charge in [0.2, 0.25) is 5.95 Å². The number of nitriles is 1. The zero-order valence-electron chi connectivity index (χ0n) is 13.7. The molecule has 7 heteroatoms. The second-order valence-electron chi connectivity index (χ2n) is 6.36. The molecular weight excluding hydrogens is 335 g/mol. The van der Waals surface area contributed by atoms with E-state index in [1.807, 2.05) is 16.7 Å². The Labute approximate surface area is 148 Å². The number of halogens is 1. The Balaban J connectivity index is 1.82. The molecule has 2 heterocycles. The summed E-state index contributed by atoms with van der Waals surface area (Å²) >= 11 is 0. The number of pyridine rings is 1. The van der Waals surface area contributed by atoms with E-state index in [0.717, 1.165) is 22.2 Å². The van der Waals surface area contributed by atoms with E-state index in [1.165, 1.54) is 6.07 Å². The van der Waals surface area contributed by atoms with Gasteiger partial charge in [-0.3, -0.25) is 0 Å². The van der Waals surface area contributed by atoms with Gasteiger partial charge in [-0.15, -0.1) is 0 Å². The van der Waals surface area contributed by atoms with Gasteiger partial charge in [0.25, 0.3) is 0 Å². The van der Waals surface area contributed by atoms with E-state index in [1.54, 1.807) is 18.2 Å². The number of nitrogens with zero attached hydrogens (tertiary/aromatic N) is 3. The number of benzene rings is 1. The van der Waals surface area contributed by atoms with Crippen molar-refractivity contribution in [2.24, 2.45) is 0 Å². The van der Waals surface area contributed by atoms with E-state index in [0.29, 0.717) is 30.6 Å². The van der Waals surface area contributed by atoms with E-state index >= 15 is 0 Å². The Kier molecular flexibility index (Phi) is 3.81. The van der Waals surface area contributed by atoms with Crippen LogP contribution in [0.5, 0.6) is 0 Å². The van der Waals surface area contributed by atoms with Gasteiger partial charge in [-0.1, -0.05) is 6.07 Å². The highest BCUT2D eigenvalue weighted by atomic mass is 19.1. The minimum absolute atomic E-state index is 0.209. The van der Waals surface area contributed by atoms with E-state index in [9.17, 15) is 14.4 Å². The van der Waals surface area contributed by atoms with Crippen molar-refractivity contribution in [3.05, 3.63) is 64.9 Å². The zero-order chi connectivity index (χ0) is 18.3. The molecule has 0 fully saturated rings. The number of amides is 1. The van der Waals surface area contributed by atoms with Gasteiger partial charge in [0, 0.05) is 29.1 Å². The van der Waals surface area contributed by atoms with Crippen molar-refractivity contribution in [3.8, 4) is 6.07 Å². The SMILES string of the molecule is N#Cc1ccc2c(c1)c1c(n2Cc2cccc(F)n2)C[C@H](NC(=O)O)C1. The van der Waals surface area contributed by atoms with Gasteiger partial charge in [0.05, 0.1) is 23.9 Å². The first-order valence-electron chi connectivity index (χ1n) is 8.20. The van der Waals surface area contributed by atoms with Gasteiger partial charge in [-0.2, -0.15) is 9.65 Å². The fraction of sp³-hybridized carbons (Fsp3) is 0.211.